The first kappa shape index (κ1) is 10.9. The Balaban J connectivity index is 4.74. The first-order valence-corrected chi connectivity index (χ1v) is 2.60. The van der Waals surface area contributed by atoms with Gasteiger partial charge in [-0.15, -0.1) is 0 Å². The molecule has 0 saturated carbocycles. The van der Waals surface area contributed by atoms with E-state index in [-0.39, 0.29) is 6.08 Å². The molecule has 0 rings (SSSR count). The van der Waals surface area contributed by atoms with Crippen molar-refractivity contribution >= 4 is 5.78 Å². The first-order chi connectivity index (χ1) is 5.23. The largest absolute Gasteiger partial charge is 0.461 e. The lowest BCUT2D eigenvalue weighted by Crippen LogP contribution is -2.43. The van der Waals surface area contributed by atoms with Gasteiger partial charge in [0.2, 0.25) is 5.78 Å². The number of ketones is 1. The van der Waals surface area contributed by atoms with Crippen LogP contribution in [-0.4, -0.2) is 17.9 Å². The minimum absolute atomic E-state index is 0.0342. The highest BCUT2D eigenvalue weighted by Crippen LogP contribution is 2.36. The molecule has 12 heavy (non-hydrogen) atoms. The van der Waals surface area contributed by atoms with Crippen molar-refractivity contribution in [3.05, 3.63) is 12.3 Å². The standard InChI is InChI=1S/C5H4F5NO/c6-4(7,5(8,9)10)3(12)1-2-11/h1-2H,11H2/b2-1-. The Morgan fingerprint density at radius 1 is 1.17 bits per heavy atom. The molecule has 2 N–H and O–H groups in total. The smallest absolute Gasteiger partial charge is 0.404 e. The van der Waals surface area contributed by atoms with Gasteiger partial charge in [-0.1, -0.05) is 0 Å². The number of carbonyl (C=O) groups excluding carboxylic acids is 1. The number of halogens is 5. The maximum Gasteiger partial charge on any atom is 0.461 e. The second kappa shape index (κ2) is 3.08. The SMILES string of the molecule is N/C=C\C(=O)C(F)(F)C(F)(F)F. The summed E-state index contributed by atoms with van der Waals surface area (Å²) in [6, 6.07) is 0. The van der Waals surface area contributed by atoms with E-state index < -0.39 is 17.9 Å². The fourth-order valence-electron chi connectivity index (χ4n) is 0.332. The summed E-state index contributed by atoms with van der Waals surface area (Å²) < 4.78 is 57.9. The van der Waals surface area contributed by atoms with Crippen LogP contribution in [0.25, 0.3) is 0 Å². The zero-order valence-electron chi connectivity index (χ0n) is 5.53. The third kappa shape index (κ3) is 1.93. The van der Waals surface area contributed by atoms with Crippen LogP contribution < -0.4 is 5.73 Å². The van der Waals surface area contributed by atoms with Gasteiger partial charge < -0.3 is 5.73 Å². The van der Waals surface area contributed by atoms with Gasteiger partial charge in [-0.3, -0.25) is 4.79 Å². The average Bonchev–Trinajstić information content (AvgIpc) is 1.85. The zero-order valence-corrected chi connectivity index (χ0v) is 5.53. The normalized spacial score (nSPS) is 13.8. The molecular weight excluding hydrogens is 185 g/mol. The number of nitrogens with two attached hydrogens (primary N) is 1. The minimum atomic E-state index is -5.87. The minimum Gasteiger partial charge on any atom is -0.404 e. The Labute approximate surface area is 63.8 Å². The van der Waals surface area contributed by atoms with Gasteiger partial charge >= 0.3 is 12.1 Å². The summed E-state index contributed by atoms with van der Waals surface area (Å²) in [4.78, 5) is 10.1. The predicted molar refractivity (Wildman–Crippen MR) is 29.3 cm³/mol. The van der Waals surface area contributed by atoms with E-state index in [2.05, 4.69) is 5.73 Å². The van der Waals surface area contributed by atoms with Crippen molar-refractivity contribution < 1.29 is 26.7 Å². The third-order valence-corrected chi connectivity index (χ3v) is 0.913. The predicted octanol–water partition coefficient (Wildman–Crippen LogP) is 1.23. The lowest BCUT2D eigenvalue weighted by atomic mass is 10.2. The monoisotopic (exact) mass is 189 g/mol. The van der Waals surface area contributed by atoms with Gasteiger partial charge in [-0.2, -0.15) is 22.0 Å². The lowest BCUT2D eigenvalue weighted by molar-refractivity contribution is -0.266. The maximum absolute atomic E-state index is 11.9. The zero-order chi connectivity index (χ0) is 9.99. The molecule has 0 saturated heterocycles. The third-order valence-electron chi connectivity index (χ3n) is 0.913. The van der Waals surface area contributed by atoms with Crippen molar-refractivity contribution in [1.29, 1.82) is 0 Å². The van der Waals surface area contributed by atoms with Crippen LogP contribution in [0.3, 0.4) is 0 Å². The van der Waals surface area contributed by atoms with Gasteiger partial charge in [-0.25, -0.2) is 0 Å². The fourth-order valence-corrected chi connectivity index (χ4v) is 0.332. The van der Waals surface area contributed by atoms with Crippen LogP contribution in [0, 0.1) is 0 Å². The fraction of sp³-hybridized carbons (Fsp3) is 0.400. The topological polar surface area (TPSA) is 43.1 Å². The number of allylic oxidation sites excluding steroid dienone is 1. The van der Waals surface area contributed by atoms with Crippen LogP contribution in [0.1, 0.15) is 0 Å². The summed E-state index contributed by atoms with van der Waals surface area (Å²) in [7, 11) is 0. The van der Waals surface area contributed by atoms with Crippen LogP contribution in [0.15, 0.2) is 12.3 Å². The van der Waals surface area contributed by atoms with E-state index in [4.69, 9.17) is 0 Å². The van der Waals surface area contributed by atoms with Crippen molar-refractivity contribution in [1.82, 2.24) is 0 Å². The van der Waals surface area contributed by atoms with Crippen LogP contribution >= 0.6 is 0 Å². The molecule has 0 aliphatic heterocycles. The molecular formula is C5H4F5NO. The molecule has 0 aromatic carbocycles. The molecule has 0 amide bonds. The molecule has 2 nitrogen and oxygen atoms in total. The van der Waals surface area contributed by atoms with Crippen molar-refractivity contribution in [3.63, 3.8) is 0 Å². The van der Waals surface area contributed by atoms with E-state index in [9.17, 15) is 26.7 Å². The Bertz CT molecular complexity index is 206. The van der Waals surface area contributed by atoms with E-state index in [0.717, 1.165) is 0 Å². The van der Waals surface area contributed by atoms with Crippen molar-refractivity contribution in [2.75, 3.05) is 0 Å². The molecule has 70 valence electrons. The Kier molecular flexibility index (Phi) is 2.78. The Hall–Kier alpha value is -1.14. The number of hydrogen-bond donors (Lipinski definition) is 1. The highest BCUT2D eigenvalue weighted by Gasteiger charge is 2.62. The molecule has 0 aliphatic carbocycles. The van der Waals surface area contributed by atoms with Gasteiger partial charge in [0.15, 0.2) is 0 Å². The quantitative estimate of drug-likeness (QED) is 0.524. The van der Waals surface area contributed by atoms with E-state index in [1.807, 2.05) is 0 Å². The van der Waals surface area contributed by atoms with E-state index in [1.54, 1.807) is 0 Å². The second-order valence-electron chi connectivity index (χ2n) is 1.80. The summed E-state index contributed by atoms with van der Waals surface area (Å²) in [5, 5.41) is 0. The van der Waals surface area contributed by atoms with Crippen molar-refractivity contribution in [3.8, 4) is 0 Å². The lowest BCUT2D eigenvalue weighted by Gasteiger charge is -2.15. The van der Waals surface area contributed by atoms with Crippen LogP contribution in [0.5, 0.6) is 0 Å². The number of alkyl halides is 5. The van der Waals surface area contributed by atoms with Gasteiger partial charge in [0.25, 0.3) is 0 Å². The molecule has 0 bridgehead atoms. The molecule has 0 radical (unpaired) electrons. The summed E-state index contributed by atoms with van der Waals surface area (Å²) >= 11 is 0. The maximum atomic E-state index is 11.9. The molecule has 0 spiro atoms. The highest BCUT2D eigenvalue weighted by molar-refractivity contribution is 5.96. The Morgan fingerprint density at radius 2 is 1.58 bits per heavy atom. The Morgan fingerprint density at radius 3 is 1.83 bits per heavy atom. The average molecular weight is 189 g/mol. The second-order valence-corrected chi connectivity index (χ2v) is 1.80. The summed E-state index contributed by atoms with van der Waals surface area (Å²) in [5.41, 5.74) is 4.47. The molecule has 0 aromatic heterocycles. The van der Waals surface area contributed by atoms with E-state index in [0.29, 0.717) is 6.20 Å². The van der Waals surface area contributed by atoms with Crippen LogP contribution in [0.2, 0.25) is 0 Å². The first-order valence-electron chi connectivity index (χ1n) is 2.60. The van der Waals surface area contributed by atoms with Crippen molar-refractivity contribution in [2.24, 2.45) is 5.73 Å². The van der Waals surface area contributed by atoms with Crippen molar-refractivity contribution in [2.45, 2.75) is 12.1 Å². The molecule has 0 atom stereocenters. The summed E-state index contributed by atoms with van der Waals surface area (Å²) in [6.07, 6.45) is -5.58. The number of rotatable bonds is 2. The molecule has 0 aliphatic rings. The molecule has 7 heteroatoms. The molecule has 0 heterocycles. The van der Waals surface area contributed by atoms with E-state index in [1.165, 1.54) is 0 Å². The van der Waals surface area contributed by atoms with Crippen LogP contribution in [-0.2, 0) is 4.79 Å². The number of carbonyl (C=O) groups is 1. The van der Waals surface area contributed by atoms with Crippen LogP contribution in [0.4, 0.5) is 22.0 Å². The molecule has 0 fully saturated rings. The molecule has 0 unspecified atom stereocenters. The highest BCUT2D eigenvalue weighted by atomic mass is 19.4. The summed E-state index contributed by atoms with van der Waals surface area (Å²) in [6.45, 7) is 0. The van der Waals surface area contributed by atoms with Gasteiger partial charge in [0.1, 0.15) is 0 Å². The van der Waals surface area contributed by atoms with Gasteiger partial charge in [0.05, 0.1) is 0 Å². The number of hydrogen-bond acceptors (Lipinski definition) is 2. The van der Waals surface area contributed by atoms with Gasteiger partial charge in [-0.05, 0) is 6.20 Å². The summed E-state index contributed by atoms with van der Waals surface area (Å²) in [5.74, 6) is -7.74. The van der Waals surface area contributed by atoms with E-state index >= 15 is 0 Å². The molecule has 0 aromatic rings. The van der Waals surface area contributed by atoms with Gasteiger partial charge in [0, 0.05) is 6.08 Å².